The number of aliphatic hydroxyl groups excluding tert-OH is 2. The summed E-state index contributed by atoms with van der Waals surface area (Å²) in [6.45, 7) is -1.52. The van der Waals surface area contributed by atoms with Crippen LogP contribution in [0.25, 0.3) is 0 Å². The normalized spacial score (nSPS) is 34.4. The highest BCUT2D eigenvalue weighted by Gasteiger charge is 2.57. The van der Waals surface area contributed by atoms with Gasteiger partial charge in [-0.25, -0.2) is 8.96 Å². The van der Waals surface area contributed by atoms with Crippen LogP contribution in [0.15, 0.2) is 29.2 Å². The average Bonchev–Trinajstić information content (AvgIpc) is 2.94. The zero-order valence-electron chi connectivity index (χ0n) is 16.8. The minimum absolute atomic E-state index is 0.116. The van der Waals surface area contributed by atoms with Gasteiger partial charge in [-0.1, -0.05) is 11.6 Å². The number of aromatic nitrogens is 2. The number of ether oxygens (including phenoxy) is 1. The predicted molar refractivity (Wildman–Crippen MR) is 108 cm³/mol. The third-order valence-electron chi connectivity index (χ3n) is 4.63. The number of H-pyrrole nitrogens is 1. The van der Waals surface area contributed by atoms with Crippen LogP contribution in [-0.4, -0.2) is 50.7 Å². The van der Waals surface area contributed by atoms with Crippen LogP contribution in [0.4, 0.5) is 4.39 Å². The molecule has 0 amide bonds. The van der Waals surface area contributed by atoms with Crippen LogP contribution >= 0.6 is 31.6 Å². The number of halogens is 2. The van der Waals surface area contributed by atoms with E-state index in [1.54, 1.807) is 0 Å². The number of benzene rings is 1. The number of fused-ring (bicyclic) bond motifs is 1. The number of aromatic amines is 1. The Labute approximate surface area is 190 Å². The van der Waals surface area contributed by atoms with E-state index >= 15 is 4.39 Å². The molecule has 0 saturated carbocycles. The first kappa shape index (κ1) is 21.9. The highest BCUT2D eigenvalue weighted by Crippen LogP contribution is 2.56. The molecule has 0 radical (unpaired) electrons. The molecule has 1 saturated heterocycles. The number of carbonyl (C=O) groups is 1. The molecule has 0 spiro atoms. The molecule has 2 aliphatic rings. The van der Waals surface area contributed by atoms with Crippen molar-refractivity contribution >= 4 is 37.9 Å². The molecule has 15 heteroatoms. The minimum Gasteiger partial charge on any atom is -0.404 e. The van der Waals surface area contributed by atoms with E-state index in [9.17, 15) is 24.4 Å². The van der Waals surface area contributed by atoms with Crippen LogP contribution in [0.3, 0.4) is 0 Å². The molecule has 2 aromatic rings. The second-order valence-electron chi connectivity index (χ2n) is 6.79. The fourth-order valence-electron chi connectivity index (χ4n) is 2.98. The van der Waals surface area contributed by atoms with Gasteiger partial charge < -0.3 is 19.5 Å². The highest BCUT2D eigenvalue weighted by atomic mass is 35.5. The van der Waals surface area contributed by atoms with E-state index in [1.807, 2.05) is 0 Å². The van der Waals surface area contributed by atoms with Gasteiger partial charge in [0.25, 0.3) is 11.4 Å². The molecule has 3 heterocycles. The third-order valence-corrected chi connectivity index (χ3v) is 6.48. The number of nitrogens with zero attached hydrogens (tertiary/aromatic N) is 1. The first-order valence-electron chi connectivity index (χ1n) is 9.35. The summed E-state index contributed by atoms with van der Waals surface area (Å²) in [7, 11) is -4.38. The van der Waals surface area contributed by atoms with Crippen LogP contribution in [-0.2, 0) is 25.0 Å². The first-order chi connectivity index (χ1) is 15.4. The Morgan fingerprint density at radius 2 is 2.28 bits per heavy atom. The van der Waals surface area contributed by atoms with Gasteiger partial charge in [0.15, 0.2) is 17.3 Å². The van der Waals surface area contributed by atoms with Gasteiger partial charge in [0.2, 0.25) is 0 Å². The molecule has 2 aliphatic heterocycles. The van der Waals surface area contributed by atoms with Gasteiger partial charge in [-0.2, -0.15) is 0 Å². The lowest BCUT2D eigenvalue weighted by atomic mass is 10.1. The predicted octanol–water partition coefficient (Wildman–Crippen LogP) is 2.02. The second-order valence-corrected chi connectivity index (χ2v) is 9.20. The van der Waals surface area contributed by atoms with Crippen LogP contribution < -0.4 is 10.1 Å². The van der Waals surface area contributed by atoms with Gasteiger partial charge >= 0.3 is 7.82 Å². The van der Waals surface area contributed by atoms with Crippen molar-refractivity contribution in [3.63, 3.8) is 0 Å². The molecule has 0 bridgehead atoms. The maximum atomic E-state index is 15.5. The molecule has 11 nitrogen and oxygen atoms in total. The SMILES string of the molecule is [2H][C@@]1(n2cc(C=O)c(=O)[nH]c2=S)O[C@](F)(COP2(=O)OCc3cc(Cl)ccc3O2)[C@@H](O)[C@H]1O. The molecule has 1 fully saturated rings. The monoisotopic (exact) mass is 509 g/mol. The summed E-state index contributed by atoms with van der Waals surface area (Å²) in [5.74, 6) is -3.18. The summed E-state index contributed by atoms with van der Waals surface area (Å²) in [5.41, 5.74) is -0.923. The van der Waals surface area contributed by atoms with Crippen molar-refractivity contribution < 1.29 is 43.6 Å². The largest absolute Gasteiger partial charge is 0.530 e. The van der Waals surface area contributed by atoms with Crippen LogP contribution in [0.2, 0.25) is 5.02 Å². The number of aldehydes is 1. The lowest BCUT2D eigenvalue weighted by Crippen LogP contribution is -2.43. The van der Waals surface area contributed by atoms with Gasteiger partial charge in [-0.05, 0) is 30.4 Å². The number of phosphoric ester groups is 1. The van der Waals surface area contributed by atoms with Crippen molar-refractivity contribution in [2.75, 3.05) is 6.61 Å². The van der Waals surface area contributed by atoms with Gasteiger partial charge in [0.05, 0.1) is 13.5 Å². The van der Waals surface area contributed by atoms with Crippen molar-refractivity contribution in [1.82, 2.24) is 9.55 Å². The highest BCUT2D eigenvalue weighted by molar-refractivity contribution is 7.71. The number of hydrogen-bond acceptors (Lipinski definition) is 10. The van der Waals surface area contributed by atoms with Gasteiger partial charge in [-0.3, -0.25) is 28.2 Å². The summed E-state index contributed by atoms with van der Waals surface area (Å²) in [4.78, 5) is 24.8. The smallest absolute Gasteiger partial charge is 0.404 e. The summed E-state index contributed by atoms with van der Waals surface area (Å²) in [6.07, 6.45) is -6.60. The topological polar surface area (TPSA) is 149 Å². The number of rotatable bonds is 5. The van der Waals surface area contributed by atoms with Crippen LogP contribution in [0, 0.1) is 4.77 Å². The molecule has 3 N–H and O–H groups in total. The standard InChI is InChI=1S/C17H15ClFN2O9PS/c18-10-1-2-11-8(3-10)6-27-31(26,30-11)28-7-17(19)13(24)12(23)15(29-17)21-4-9(5-22)14(25)20-16(21)32/h1-5,12-13,15,23-24H,6-7H2,(H,20,25,32)/t12-,13+,15-,17-,31?/m1/s1/i15D. The van der Waals surface area contributed by atoms with Crippen LogP contribution in [0.1, 0.15) is 23.5 Å². The Kier molecular flexibility index (Phi) is 5.76. The average molecular weight is 510 g/mol. The molecule has 1 aromatic heterocycles. The Hall–Kier alpha value is -1.96. The van der Waals surface area contributed by atoms with Crippen molar-refractivity contribution in [2.24, 2.45) is 0 Å². The van der Waals surface area contributed by atoms with Crippen molar-refractivity contribution in [2.45, 2.75) is 30.9 Å². The van der Waals surface area contributed by atoms with Crippen molar-refractivity contribution in [1.29, 1.82) is 0 Å². The molecular weight excluding hydrogens is 494 g/mol. The van der Waals surface area contributed by atoms with E-state index in [-0.39, 0.29) is 18.6 Å². The first-order valence-corrected chi connectivity index (χ1v) is 11.1. The van der Waals surface area contributed by atoms with Crippen molar-refractivity contribution in [3.8, 4) is 5.75 Å². The lowest BCUT2D eigenvalue weighted by molar-refractivity contribution is -0.205. The number of carbonyl (C=O) groups excluding carboxylic acids is 1. The van der Waals surface area contributed by atoms with Crippen LogP contribution in [0.5, 0.6) is 5.75 Å². The lowest BCUT2D eigenvalue weighted by Gasteiger charge is -2.28. The summed E-state index contributed by atoms with van der Waals surface area (Å²) < 4.78 is 56.9. The summed E-state index contributed by atoms with van der Waals surface area (Å²) in [6, 6.07) is 4.37. The molecule has 0 aliphatic carbocycles. The summed E-state index contributed by atoms with van der Waals surface area (Å²) in [5, 5.41) is 21.0. The second kappa shape index (κ2) is 8.43. The van der Waals surface area contributed by atoms with E-state index in [0.717, 1.165) is 6.20 Å². The summed E-state index contributed by atoms with van der Waals surface area (Å²) >= 11 is 10.8. The van der Waals surface area contributed by atoms with Gasteiger partial charge in [-0.15, -0.1) is 0 Å². The zero-order chi connectivity index (χ0) is 24.2. The van der Waals surface area contributed by atoms with E-state index in [4.69, 9.17) is 43.5 Å². The minimum atomic E-state index is -4.38. The number of hydrogen-bond donors (Lipinski definition) is 3. The Balaban J connectivity index is 1.58. The molecule has 172 valence electrons. The van der Waals surface area contributed by atoms with E-state index in [0.29, 0.717) is 15.2 Å². The van der Waals surface area contributed by atoms with E-state index < -0.39 is 54.6 Å². The van der Waals surface area contributed by atoms with E-state index in [2.05, 4.69) is 4.98 Å². The Bertz CT molecular complexity index is 1290. The van der Waals surface area contributed by atoms with E-state index in [1.165, 1.54) is 18.2 Å². The third kappa shape index (κ3) is 4.18. The molecule has 32 heavy (non-hydrogen) atoms. The quantitative estimate of drug-likeness (QED) is 0.310. The Morgan fingerprint density at radius 3 is 3.00 bits per heavy atom. The number of aliphatic hydroxyl groups is 2. The number of nitrogens with one attached hydrogen (secondary N) is 1. The van der Waals surface area contributed by atoms with Gasteiger partial charge in [0.1, 0.15) is 24.6 Å². The molecule has 5 atom stereocenters. The number of phosphoric acid groups is 1. The van der Waals surface area contributed by atoms with Crippen molar-refractivity contribution in [3.05, 3.63) is 55.7 Å². The molecule has 1 unspecified atom stereocenters. The zero-order valence-corrected chi connectivity index (χ0v) is 18.2. The maximum Gasteiger partial charge on any atom is 0.530 e. The maximum absolute atomic E-state index is 15.5. The number of alkyl halides is 1. The Morgan fingerprint density at radius 1 is 1.53 bits per heavy atom. The molecular formula is C17H15ClFN2O9PS. The molecule has 4 rings (SSSR count). The fraction of sp³-hybridized carbons (Fsp3) is 0.353. The fourth-order valence-corrected chi connectivity index (χ4v) is 4.64. The van der Waals surface area contributed by atoms with Gasteiger partial charge in [0, 0.05) is 16.8 Å². The molecule has 1 aromatic carbocycles.